The van der Waals surface area contributed by atoms with Crippen molar-refractivity contribution in [1.82, 2.24) is 29.9 Å². The Morgan fingerprint density at radius 1 is 1.15 bits per heavy atom. The van der Waals surface area contributed by atoms with Crippen LogP contribution in [0.4, 0.5) is 8.78 Å². The molecule has 2 amide bonds. The van der Waals surface area contributed by atoms with E-state index < -0.39 is 11.6 Å². The Morgan fingerprint density at radius 2 is 1.91 bits per heavy atom. The number of carbonyl (C=O) groups is 2. The molecule has 0 unspecified atom stereocenters. The van der Waals surface area contributed by atoms with E-state index in [-0.39, 0.29) is 36.4 Å². The number of aromatic nitrogens is 3. The molecule has 1 atom stereocenters. The van der Waals surface area contributed by atoms with Crippen molar-refractivity contribution < 1.29 is 18.4 Å². The van der Waals surface area contributed by atoms with Gasteiger partial charge in [0, 0.05) is 31.6 Å². The minimum Gasteiger partial charge on any atom is -0.345 e. The highest BCUT2D eigenvalue weighted by atomic mass is 19.1. The van der Waals surface area contributed by atoms with Gasteiger partial charge in [-0.1, -0.05) is 13.8 Å². The monoisotopic (exact) mass is 462 g/mol. The first kappa shape index (κ1) is 24.8. The second-order valence-electron chi connectivity index (χ2n) is 9.16. The van der Waals surface area contributed by atoms with Crippen LogP contribution in [-0.2, 0) is 29.0 Å². The van der Waals surface area contributed by atoms with Gasteiger partial charge in [0.05, 0.1) is 19.0 Å². The molecule has 2 heterocycles. The Bertz CT molecular complexity index is 991. The summed E-state index contributed by atoms with van der Waals surface area (Å²) in [5.74, 6) is 0.225. The van der Waals surface area contributed by atoms with Gasteiger partial charge in [-0.25, -0.2) is 8.78 Å². The van der Waals surface area contributed by atoms with Crippen LogP contribution in [-0.4, -0.2) is 70.1 Å². The Morgan fingerprint density at radius 3 is 2.61 bits per heavy atom. The van der Waals surface area contributed by atoms with Crippen molar-refractivity contribution in [1.29, 1.82) is 0 Å². The van der Waals surface area contributed by atoms with Gasteiger partial charge < -0.3 is 19.7 Å². The van der Waals surface area contributed by atoms with Gasteiger partial charge in [0.2, 0.25) is 11.8 Å². The molecule has 0 aliphatic carbocycles. The van der Waals surface area contributed by atoms with Crippen LogP contribution in [0.2, 0.25) is 0 Å². The summed E-state index contributed by atoms with van der Waals surface area (Å²) in [6.07, 6.45) is 0.997. The van der Waals surface area contributed by atoms with E-state index in [1.54, 1.807) is 9.80 Å². The number of amides is 2. The zero-order chi connectivity index (χ0) is 24.1. The van der Waals surface area contributed by atoms with Crippen molar-refractivity contribution in [2.45, 2.75) is 45.7 Å². The Kier molecular flexibility index (Phi) is 8.12. The molecular weight excluding hydrogens is 430 g/mol. The average Bonchev–Trinajstić information content (AvgIpc) is 3.00. The average molecular weight is 463 g/mol. The first-order valence-electron chi connectivity index (χ1n) is 11.2. The fourth-order valence-corrected chi connectivity index (χ4v) is 4.03. The van der Waals surface area contributed by atoms with Crippen molar-refractivity contribution in [2.75, 3.05) is 33.7 Å². The van der Waals surface area contributed by atoms with Gasteiger partial charge in [-0.15, -0.1) is 10.2 Å². The lowest BCUT2D eigenvalue weighted by Gasteiger charge is -2.23. The summed E-state index contributed by atoms with van der Waals surface area (Å²) in [5.41, 5.74) is 0.0462. The number of rotatable bonds is 8. The molecule has 0 saturated carbocycles. The molecule has 1 aliphatic rings. The van der Waals surface area contributed by atoms with Crippen molar-refractivity contribution in [3.8, 4) is 0 Å². The first-order valence-corrected chi connectivity index (χ1v) is 11.2. The van der Waals surface area contributed by atoms with E-state index in [4.69, 9.17) is 0 Å². The summed E-state index contributed by atoms with van der Waals surface area (Å²) < 4.78 is 29.4. The van der Waals surface area contributed by atoms with Gasteiger partial charge in [-0.05, 0) is 44.6 Å². The third kappa shape index (κ3) is 6.56. The van der Waals surface area contributed by atoms with Gasteiger partial charge >= 0.3 is 0 Å². The molecule has 1 aromatic heterocycles. The zero-order valence-corrected chi connectivity index (χ0v) is 19.6. The van der Waals surface area contributed by atoms with Crippen molar-refractivity contribution in [2.24, 2.45) is 5.92 Å². The van der Waals surface area contributed by atoms with Crippen LogP contribution in [0, 0.1) is 17.6 Å². The van der Waals surface area contributed by atoms with Gasteiger partial charge in [0.25, 0.3) is 0 Å². The highest BCUT2D eigenvalue weighted by Crippen LogP contribution is 2.22. The SMILES string of the molecule is CC(C)C[C@H](NC(=O)CN(C)C)c1nnc2n1CCN(C(=O)Cc1cc(F)ccc1F)CC2. The highest BCUT2D eigenvalue weighted by molar-refractivity contribution is 5.79. The van der Waals surface area contributed by atoms with E-state index in [2.05, 4.69) is 29.4 Å². The Balaban J connectivity index is 1.72. The molecule has 1 aliphatic heterocycles. The fraction of sp³-hybridized carbons (Fsp3) is 0.565. The number of carbonyl (C=O) groups excluding carboxylic acids is 2. The molecule has 3 rings (SSSR count). The lowest BCUT2D eigenvalue weighted by atomic mass is 10.0. The smallest absolute Gasteiger partial charge is 0.234 e. The molecule has 1 aromatic carbocycles. The molecule has 180 valence electrons. The summed E-state index contributed by atoms with van der Waals surface area (Å²) in [6, 6.07) is 2.84. The molecular formula is C23H32F2N6O2. The number of benzene rings is 1. The summed E-state index contributed by atoms with van der Waals surface area (Å²) in [4.78, 5) is 28.7. The van der Waals surface area contributed by atoms with Crippen molar-refractivity contribution in [3.05, 3.63) is 47.0 Å². The zero-order valence-electron chi connectivity index (χ0n) is 19.6. The number of halogens is 2. The van der Waals surface area contributed by atoms with Crippen molar-refractivity contribution >= 4 is 11.8 Å². The molecule has 33 heavy (non-hydrogen) atoms. The predicted octanol–water partition coefficient (Wildman–Crippen LogP) is 1.95. The van der Waals surface area contributed by atoms with Crippen LogP contribution < -0.4 is 5.32 Å². The molecule has 0 bridgehead atoms. The van der Waals surface area contributed by atoms with E-state index in [1.165, 1.54) is 0 Å². The molecule has 0 fully saturated rings. The van der Waals surface area contributed by atoms with Crippen LogP contribution in [0.3, 0.4) is 0 Å². The minimum absolute atomic E-state index is 0.0462. The van der Waals surface area contributed by atoms with Crippen LogP contribution in [0.25, 0.3) is 0 Å². The minimum atomic E-state index is -0.594. The second kappa shape index (κ2) is 10.8. The quantitative estimate of drug-likeness (QED) is 0.649. The number of likely N-dealkylation sites (N-methyl/N-ethyl adjacent to an activating group) is 1. The molecule has 8 nitrogen and oxygen atoms in total. The standard InChI is InChI=1S/C23H32F2N6O2/c1-15(2)11-19(26-21(32)14-29(3)4)23-28-27-20-7-8-30(9-10-31(20)23)22(33)13-16-12-17(24)5-6-18(16)25/h5-6,12,15,19H,7-11,13-14H2,1-4H3,(H,26,32)/t19-/m0/s1. The third-order valence-corrected chi connectivity index (χ3v) is 5.57. The highest BCUT2D eigenvalue weighted by Gasteiger charge is 2.27. The lowest BCUT2D eigenvalue weighted by molar-refractivity contribution is -0.130. The van der Waals surface area contributed by atoms with E-state index in [0.29, 0.717) is 44.2 Å². The predicted molar refractivity (Wildman–Crippen MR) is 119 cm³/mol. The molecule has 0 radical (unpaired) electrons. The van der Waals surface area contributed by atoms with Gasteiger partial charge in [-0.3, -0.25) is 9.59 Å². The number of fused-ring (bicyclic) bond motifs is 1. The maximum absolute atomic E-state index is 14.0. The summed E-state index contributed by atoms with van der Waals surface area (Å²) in [6.45, 7) is 5.71. The van der Waals surface area contributed by atoms with Gasteiger partial charge in [-0.2, -0.15) is 0 Å². The molecule has 0 spiro atoms. The second-order valence-corrected chi connectivity index (χ2v) is 9.16. The molecule has 1 N–H and O–H groups in total. The van der Waals surface area contributed by atoms with Crippen molar-refractivity contribution in [3.63, 3.8) is 0 Å². The maximum Gasteiger partial charge on any atom is 0.234 e. The van der Waals surface area contributed by atoms with E-state index >= 15 is 0 Å². The maximum atomic E-state index is 14.0. The van der Waals surface area contributed by atoms with E-state index in [9.17, 15) is 18.4 Å². The summed E-state index contributed by atoms with van der Waals surface area (Å²) >= 11 is 0. The molecule has 0 saturated heterocycles. The number of nitrogens with one attached hydrogen (secondary N) is 1. The lowest BCUT2D eigenvalue weighted by Crippen LogP contribution is -2.38. The largest absolute Gasteiger partial charge is 0.345 e. The van der Waals surface area contributed by atoms with Gasteiger partial charge in [0.15, 0.2) is 5.82 Å². The number of hydrogen-bond donors (Lipinski definition) is 1. The normalized spacial score (nSPS) is 14.8. The number of hydrogen-bond acceptors (Lipinski definition) is 5. The third-order valence-electron chi connectivity index (χ3n) is 5.57. The Hall–Kier alpha value is -2.88. The summed E-state index contributed by atoms with van der Waals surface area (Å²) in [7, 11) is 3.67. The molecule has 10 heteroatoms. The topological polar surface area (TPSA) is 83.4 Å². The van der Waals surface area contributed by atoms with Crippen LogP contribution in [0.1, 0.15) is 43.5 Å². The van der Waals surface area contributed by atoms with Crippen LogP contribution in [0.15, 0.2) is 18.2 Å². The molecule has 2 aromatic rings. The van der Waals surface area contributed by atoms with E-state index in [0.717, 1.165) is 24.0 Å². The van der Waals surface area contributed by atoms with Crippen LogP contribution >= 0.6 is 0 Å². The number of nitrogens with zero attached hydrogens (tertiary/aromatic N) is 5. The van der Waals surface area contributed by atoms with E-state index in [1.807, 2.05) is 18.7 Å². The first-order chi connectivity index (χ1) is 15.6. The Labute approximate surface area is 193 Å². The van der Waals surface area contributed by atoms with Crippen LogP contribution in [0.5, 0.6) is 0 Å². The fourth-order valence-electron chi connectivity index (χ4n) is 4.03. The van der Waals surface area contributed by atoms with Gasteiger partial charge in [0.1, 0.15) is 17.5 Å². The summed E-state index contributed by atoms with van der Waals surface area (Å²) in [5, 5.41) is 11.8.